The second kappa shape index (κ2) is 8.29. The first-order valence-corrected chi connectivity index (χ1v) is 6.97. The zero-order chi connectivity index (χ0) is 15.8. The number of methoxy groups -OCH3 is 1. The van der Waals surface area contributed by atoms with E-state index in [0.717, 1.165) is 5.56 Å². The Morgan fingerprint density at radius 3 is 2.33 bits per heavy atom. The fraction of sp³-hybridized carbons (Fsp3) is 0.500. The van der Waals surface area contributed by atoms with Gasteiger partial charge in [-0.25, -0.2) is 9.59 Å². The van der Waals surface area contributed by atoms with Crippen molar-refractivity contribution in [3.05, 3.63) is 35.9 Å². The molecule has 0 saturated heterocycles. The topological polar surface area (TPSA) is 55.8 Å². The lowest BCUT2D eigenvalue weighted by molar-refractivity contribution is -0.146. The lowest BCUT2D eigenvalue weighted by Crippen LogP contribution is -2.44. The highest BCUT2D eigenvalue weighted by molar-refractivity contribution is 5.81. The molecule has 1 atom stereocenters. The molecule has 0 saturated carbocycles. The van der Waals surface area contributed by atoms with Gasteiger partial charge in [-0.1, -0.05) is 44.2 Å². The van der Waals surface area contributed by atoms with Gasteiger partial charge in [-0.05, 0) is 17.9 Å². The quantitative estimate of drug-likeness (QED) is 0.757. The van der Waals surface area contributed by atoms with E-state index >= 15 is 0 Å². The summed E-state index contributed by atoms with van der Waals surface area (Å²) in [5, 5.41) is 0. The third-order valence-electron chi connectivity index (χ3n) is 3.13. The average Bonchev–Trinajstić information content (AvgIpc) is 2.49. The van der Waals surface area contributed by atoms with Crippen molar-refractivity contribution in [3.8, 4) is 0 Å². The van der Waals surface area contributed by atoms with Crippen LogP contribution in [0.2, 0.25) is 0 Å². The number of amides is 1. The molecule has 0 heterocycles. The van der Waals surface area contributed by atoms with Crippen molar-refractivity contribution in [2.75, 3.05) is 14.2 Å². The third-order valence-corrected chi connectivity index (χ3v) is 3.13. The van der Waals surface area contributed by atoms with Crippen molar-refractivity contribution in [1.82, 2.24) is 4.90 Å². The molecule has 0 aromatic heterocycles. The molecule has 116 valence electrons. The largest absolute Gasteiger partial charge is 0.467 e. The molecule has 1 aromatic rings. The van der Waals surface area contributed by atoms with Crippen LogP contribution in [0.1, 0.15) is 25.8 Å². The summed E-state index contributed by atoms with van der Waals surface area (Å²) in [6.45, 7) is 4.15. The fourth-order valence-electron chi connectivity index (χ4n) is 1.94. The Bertz CT molecular complexity index is 459. The van der Waals surface area contributed by atoms with Crippen molar-refractivity contribution >= 4 is 12.1 Å². The Morgan fingerprint density at radius 1 is 1.19 bits per heavy atom. The van der Waals surface area contributed by atoms with E-state index in [4.69, 9.17) is 9.47 Å². The van der Waals surface area contributed by atoms with E-state index in [9.17, 15) is 9.59 Å². The summed E-state index contributed by atoms with van der Waals surface area (Å²) in [4.78, 5) is 25.2. The lowest BCUT2D eigenvalue weighted by atomic mass is 10.0. The Morgan fingerprint density at radius 2 is 1.81 bits per heavy atom. The molecule has 1 aromatic carbocycles. The van der Waals surface area contributed by atoms with Crippen LogP contribution in [0.5, 0.6) is 0 Å². The maximum atomic E-state index is 12.1. The van der Waals surface area contributed by atoms with Crippen molar-refractivity contribution in [1.29, 1.82) is 0 Å². The summed E-state index contributed by atoms with van der Waals surface area (Å²) in [5.74, 6) is -0.165. The predicted octanol–water partition coefficient (Wildman–Crippen LogP) is 2.84. The second-order valence-corrected chi connectivity index (χ2v) is 5.32. The van der Waals surface area contributed by atoms with Crippen molar-refractivity contribution in [2.45, 2.75) is 32.9 Å². The van der Waals surface area contributed by atoms with Gasteiger partial charge in [0, 0.05) is 7.05 Å². The van der Waals surface area contributed by atoms with Gasteiger partial charge in [-0.2, -0.15) is 0 Å². The number of carbonyl (C=O) groups excluding carboxylic acids is 2. The number of likely N-dealkylation sites (N-methyl/N-ethyl adjacent to an activating group) is 1. The predicted molar refractivity (Wildman–Crippen MR) is 79.6 cm³/mol. The zero-order valence-electron chi connectivity index (χ0n) is 13.0. The Hall–Kier alpha value is -2.04. The van der Waals surface area contributed by atoms with E-state index in [0.29, 0.717) is 6.42 Å². The smallest absolute Gasteiger partial charge is 0.410 e. The van der Waals surface area contributed by atoms with E-state index in [1.807, 2.05) is 44.2 Å². The number of nitrogens with zero attached hydrogens (tertiary/aromatic N) is 1. The molecule has 0 fully saturated rings. The molecule has 0 radical (unpaired) electrons. The molecular weight excluding hydrogens is 270 g/mol. The fourth-order valence-corrected chi connectivity index (χ4v) is 1.94. The molecule has 21 heavy (non-hydrogen) atoms. The molecule has 5 nitrogen and oxygen atoms in total. The van der Waals surface area contributed by atoms with Gasteiger partial charge < -0.3 is 9.47 Å². The minimum absolute atomic E-state index is 0.180. The Balaban J connectivity index is 2.63. The molecule has 0 spiro atoms. The molecular formula is C16H23NO4. The summed E-state index contributed by atoms with van der Waals surface area (Å²) in [7, 11) is 2.87. The Kier molecular flexibility index (Phi) is 6.72. The monoisotopic (exact) mass is 293 g/mol. The second-order valence-electron chi connectivity index (χ2n) is 5.32. The SMILES string of the molecule is COC(=O)[C@@H](CC(C)C)N(C)C(=O)OCc1ccccc1. The summed E-state index contributed by atoms with van der Waals surface area (Å²) in [6.07, 6.45) is -0.00114. The summed E-state index contributed by atoms with van der Waals surface area (Å²) < 4.78 is 9.99. The number of hydrogen-bond donors (Lipinski definition) is 0. The summed E-state index contributed by atoms with van der Waals surface area (Å²) >= 11 is 0. The molecule has 0 aliphatic rings. The summed E-state index contributed by atoms with van der Waals surface area (Å²) in [6, 6.07) is 8.77. The van der Waals surface area contributed by atoms with Gasteiger partial charge in [-0.3, -0.25) is 4.90 Å². The van der Waals surface area contributed by atoms with Crippen LogP contribution < -0.4 is 0 Å². The van der Waals surface area contributed by atoms with Crippen LogP contribution in [0.3, 0.4) is 0 Å². The summed E-state index contributed by atoms with van der Waals surface area (Å²) in [5.41, 5.74) is 0.901. The van der Waals surface area contributed by atoms with Crippen LogP contribution in [0.25, 0.3) is 0 Å². The molecule has 0 bridgehead atoms. The van der Waals surface area contributed by atoms with Crippen LogP contribution >= 0.6 is 0 Å². The van der Waals surface area contributed by atoms with Crippen LogP contribution in [0.15, 0.2) is 30.3 Å². The molecule has 5 heteroatoms. The molecule has 0 aliphatic carbocycles. The third kappa shape index (κ3) is 5.45. The highest BCUT2D eigenvalue weighted by Crippen LogP contribution is 2.13. The molecule has 1 rings (SSSR count). The van der Waals surface area contributed by atoms with Crippen molar-refractivity contribution < 1.29 is 19.1 Å². The number of ether oxygens (including phenoxy) is 2. The zero-order valence-corrected chi connectivity index (χ0v) is 13.0. The Labute approximate surface area is 125 Å². The van der Waals surface area contributed by atoms with Crippen LogP contribution in [-0.2, 0) is 20.9 Å². The molecule has 1 amide bonds. The number of esters is 1. The van der Waals surface area contributed by atoms with E-state index in [2.05, 4.69) is 0 Å². The lowest BCUT2D eigenvalue weighted by Gasteiger charge is -2.26. The van der Waals surface area contributed by atoms with Crippen LogP contribution in [0.4, 0.5) is 4.79 Å². The van der Waals surface area contributed by atoms with Gasteiger partial charge in [0.1, 0.15) is 12.6 Å². The maximum absolute atomic E-state index is 12.1. The van der Waals surface area contributed by atoms with Crippen molar-refractivity contribution in [3.63, 3.8) is 0 Å². The van der Waals surface area contributed by atoms with E-state index in [-0.39, 0.29) is 12.5 Å². The first-order valence-electron chi connectivity index (χ1n) is 6.97. The molecule has 0 unspecified atom stereocenters. The van der Waals surface area contributed by atoms with Gasteiger partial charge in [0.05, 0.1) is 7.11 Å². The van der Waals surface area contributed by atoms with Gasteiger partial charge in [0.25, 0.3) is 0 Å². The number of rotatable bonds is 6. The van der Waals surface area contributed by atoms with E-state index in [1.165, 1.54) is 12.0 Å². The van der Waals surface area contributed by atoms with Gasteiger partial charge in [0.2, 0.25) is 0 Å². The first-order chi connectivity index (χ1) is 9.95. The van der Waals surface area contributed by atoms with E-state index in [1.54, 1.807) is 7.05 Å². The van der Waals surface area contributed by atoms with Gasteiger partial charge in [0.15, 0.2) is 0 Å². The van der Waals surface area contributed by atoms with Crippen molar-refractivity contribution in [2.24, 2.45) is 5.92 Å². The number of hydrogen-bond acceptors (Lipinski definition) is 4. The number of carbonyl (C=O) groups is 2. The first kappa shape index (κ1) is 17.0. The highest BCUT2D eigenvalue weighted by Gasteiger charge is 2.29. The highest BCUT2D eigenvalue weighted by atomic mass is 16.6. The van der Waals surface area contributed by atoms with Crippen LogP contribution in [0, 0.1) is 5.92 Å². The van der Waals surface area contributed by atoms with Gasteiger partial charge in [-0.15, -0.1) is 0 Å². The minimum Gasteiger partial charge on any atom is -0.467 e. The average molecular weight is 293 g/mol. The van der Waals surface area contributed by atoms with Gasteiger partial charge >= 0.3 is 12.1 Å². The van der Waals surface area contributed by atoms with Crippen LogP contribution in [-0.4, -0.2) is 37.2 Å². The molecule has 0 N–H and O–H groups in total. The minimum atomic E-state index is -0.627. The maximum Gasteiger partial charge on any atom is 0.410 e. The normalized spacial score (nSPS) is 11.9. The number of benzene rings is 1. The standard InChI is InChI=1S/C16H23NO4/c1-12(2)10-14(15(18)20-4)17(3)16(19)21-11-13-8-6-5-7-9-13/h5-9,12,14H,10-11H2,1-4H3/t14-/m1/s1. The molecule has 0 aliphatic heterocycles. The van der Waals surface area contributed by atoms with E-state index < -0.39 is 18.1 Å².